The fourth-order valence-electron chi connectivity index (χ4n) is 6.59. The van der Waals surface area contributed by atoms with E-state index in [4.69, 9.17) is 4.74 Å². The van der Waals surface area contributed by atoms with Crippen LogP contribution in [0.5, 0.6) is 0 Å². The van der Waals surface area contributed by atoms with Crippen LogP contribution < -0.4 is 4.98 Å². The molecule has 1 aliphatic carbocycles. The van der Waals surface area contributed by atoms with Gasteiger partial charge in [-0.15, -0.1) is 0 Å². The lowest BCUT2D eigenvalue weighted by molar-refractivity contribution is -0.00471. The van der Waals surface area contributed by atoms with Crippen molar-refractivity contribution in [3.8, 4) is 0 Å². The second-order valence-electron chi connectivity index (χ2n) is 12.9. The maximum Gasteiger partial charge on any atom is 0.127 e. The van der Waals surface area contributed by atoms with Crippen molar-refractivity contribution in [1.29, 1.82) is 0 Å². The van der Waals surface area contributed by atoms with Crippen LogP contribution in [0.25, 0.3) is 0 Å². The standard InChI is InChI=1S/C26H53NOSSi/c1-18-19(2)24(23-22(18)20(3)21(4)29-23)30(11,27-25(5,6)7)17-15-13-12-14-16-28-26(8,9)10/h18-24,27H,12-17H2,1-11H3. The summed E-state index contributed by atoms with van der Waals surface area (Å²) in [6.07, 6.45) is 5.24. The van der Waals surface area contributed by atoms with E-state index in [9.17, 15) is 0 Å². The van der Waals surface area contributed by atoms with Crippen LogP contribution in [0.15, 0.2) is 0 Å². The van der Waals surface area contributed by atoms with E-state index in [0.717, 1.165) is 46.3 Å². The van der Waals surface area contributed by atoms with Crippen molar-refractivity contribution in [3.63, 3.8) is 0 Å². The lowest BCUT2D eigenvalue weighted by Gasteiger charge is -2.44. The van der Waals surface area contributed by atoms with Gasteiger partial charge in [-0.1, -0.05) is 53.5 Å². The fourth-order valence-corrected chi connectivity index (χ4v) is 15.5. The molecule has 0 bridgehead atoms. The van der Waals surface area contributed by atoms with E-state index >= 15 is 0 Å². The number of thioether (sulfide) groups is 1. The summed E-state index contributed by atoms with van der Waals surface area (Å²) < 4.78 is 5.91. The number of rotatable bonds is 9. The van der Waals surface area contributed by atoms with Gasteiger partial charge in [-0.05, 0) is 83.2 Å². The molecule has 0 radical (unpaired) electrons. The van der Waals surface area contributed by atoms with Gasteiger partial charge >= 0.3 is 0 Å². The molecule has 2 fully saturated rings. The Hall–Kier alpha value is 0.487. The molecule has 178 valence electrons. The molecule has 2 rings (SSSR count). The molecular formula is C26H53NOSSi. The van der Waals surface area contributed by atoms with Crippen LogP contribution in [-0.2, 0) is 4.74 Å². The normalized spacial score (nSPS) is 36.7. The van der Waals surface area contributed by atoms with E-state index in [1.54, 1.807) is 0 Å². The average Bonchev–Trinajstić information content (AvgIpc) is 2.98. The highest BCUT2D eigenvalue weighted by Gasteiger charge is 2.59. The number of nitrogens with one attached hydrogen (secondary N) is 1. The molecule has 0 aromatic rings. The molecule has 30 heavy (non-hydrogen) atoms. The Morgan fingerprint density at radius 2 is 1.43 bits per heavy atom. The SMILES string of the molecule is CC1SC2C(C1C)C(C)C(C)C2[Si](C)(CCCCCCOC(C)(C)C)NC(C)(C)C. The predicted octanol–water partition coefficient (Wildman–Crippen LogP) is 7.74. The number of fused-ring (bicyclic) bond motifs is 1. The lowest BCUT2D eigenvalue weighted by atomic mass is 9.82. The summed E-state index contributed by atoms with van der Waals surface area (Å²) in [5, 5.41) is 1.71. The largest absolute Gasteiger partial charge is 0.376 e. The first-order valence-corrected chi connectivity index (χ1v) is 16.5. The molecular weight excluding hydrogens is 402 g/mol. The summed E-state index contributed by atoms with van der Waals surface area (Å²) in [5.41, 5.74) is 1.11. The second-order valence-corrected chi connectivity index (χ2v) is 18.7. The minimum atomic E-state index is -1.60. The molecule has 2 aliphatic rings. The summed E-state index contributed by atoms with van der Waals surface area (Å²) in [6.45, 7) is 27.4. The zero-order valence-electron chi connectivity index (χ0n) is 22.1. The van der Waals surface area contributed by atoms with Crippen LogP contribution in [0.4, 0.5) is 0 Å². The Kier molecular flexibility index (Phi) is 9.07. The van der Waals surface area contributed by atoms with Gasteiger partial charge in [0.05, 0.1) is 5.60 Å². The molecule has 4 heteroatoms. The third-order valence-electron chi connectivity index (χ3n) is 7.98. The van der Waals surface area contributed by atoms with Gasteiger partial charge in [-0.3, -0.25) is 0 Å². The molecule has 0 amide bonds. The molecule has 1 saturated carbocycles. The maximum atomic E-state index is 5.91. The van der Waals surface area contributed by atoms with Gasteiger partial charge in [-0.2, -0.15) is 11.8 Å². The number of unbranched alkanes of at least 4 members (excludes halogenated alkanes) is 3. The van der Waals surface area contributed by atoms with Crippen LogP contribution in [0.1, 0.15) is 94.9 Å². The highest BCUT2D eigenvalue weighted by atomic mass is 32.2. The van der Waals surface area contributed by atoms with Crippen molar-refractivity contribution in [2.24, 2.45) is 23.7 Å². The lowest BCUT2D eigenvalue weighted by Crippen LogP contribution is -2.61. The summed E-state index contributed by atoms with van der Waals surface area (Å²) in [5.74, 6) is 3.52. The van der Waals surface area contributed by atoms with Gasteiger partial charge in [0.15, 0.2) is 0 Å². The first-order valence-electron chi connectivity index (χ1n) is 12.7. The van der Waals surface area contributed by atoms with E-state index in [0.29, 0.717) is 0 Å². The Morgan fingerprint density at radius 3 is 2.00 bits per heavy atom. The predicted molar refractivity (Wildman–Crippen MR) is 139 cm³/mol. The smallest absolute Gasteiger partial charge is 0.127 e. The molecule has 1 N–H and O–H groups in total. The van der Waals surface area contributed by atoms with Crippen molar-refractivity contribution in [3.05, 3.63) is 0 Å². The molecule has 0 aromatic carbocycles. The van der Waals surface area contributed by atoms with Gasteiger partial charge in [0.1, 0.15) is 8.24 Å². The summed E-state index contributed by atoms with van der Waals surface area (Å²) in [4.78, 5) is 4.29. The molecule has 1 saturated heterocycles. The highest BCUT2D eigenvalue weighted by molar-refractivity contribution is 8.00. The van der Waals surface area contributed by atoms with Crippen molar-refractivity contribution in [1.82, 2.24) is 4.98 Å². The monoisotopic (exact) mass is 455 g/mol. The van der Waals surface area contributed by atoms with Crippen molar-refractivity contribution >= 4 is 20.0 Å². The topological polar surface area (TPSA) is 21.3 Å². The molecule has 0 spiro atoms. The van der Waals surface area contributed by atoms with E-state index in [1.165, 1.54) is 31.7 Å². The first kappa shape index (κ1) is 26.7. The molecule has 0 aromatic heterocycles. The zero-order valence-corrected chi connectivity index (χ0v) is 23.9. The Labute approximate surface area is 194 Å². The first-order chi connectivity index (χ1) is 13.7. The van der Waals surface area contributed by atoms with E-state index < -0.39 is 8.24 Å². The van der Waals surface area contributed by atoms with Gasteiger partial charge in [0, 0.05) is 22.6 Å². The quantitative estimate of drug-likeness (QED) is 0.284. The minimum absolute atomic E-state index is 0.00117. The van der Waals surface area contributed by atoms with E-state index in [1.807, 2.05) is 0 Å². The summed E-state index contributed by atoms with van der Waals surface area (Å²) in [6, 6.07) is 1.43. The van der Waals surface area contributed by atoms with Crippen LogP contribution in [0.3, 0.4) is 0 Å². The Balaban J connectivity index is 2.02. The minimum Gasteiger partial charge on any atom is -0.376 e. The van der Waals surface area contributed by atoms with E-state index in [2.05, 4.69) is 92.5 Å². The second kappa shape index (κ2) is 10.2. The van der Waals surface area contributed by atoms with Gasteiger partial charge in [0.25, 0.3) is 0 Å². The van der Waals surface area contributed by atoms with Crippen LogP contribution in [-0.4, -0.2) is 36.5 Å². The molecule has 2 nitrogen and oxygen atoms in total. The molecule has 1 aliphatic heterocycles. The molecule has 8 unspecified atom stereocenters. The van der Waals surface area contributed by atoms with Gasteiger partial charge < -0.3 is 9.72 Å². The fraction of sp³-hybridized carbons (Fsp3) is 1.00. The van der Waals surface area contributed by atoms with Crippen LogP contribution in [0.2, 0.25) is 18.1 Å². The third kappa shape index (κ3) is 6.75. The zero-order chi connectivity index (χ0) is 22.9. The Bertz CT molecular complexity index is 542. The van der Waals surface area contributed by atoms with Crippen molar-refractivity contribution in [2.75, 3.05) is 6.61 Å². The summed E-state index contributed by atoms with van der Waals surface area (Å²) >= 11 is 2.34. The summed E-state index contributed by atoms with van der Waals surface area (Å²) in [7, 11) is -1.60. The number of ether oxygens (including phenoxy) is 1. The van der Waals surface area contributed by atoms with Crippen molar-refractivity contribution in [2.45, 2.75) is 135 Å². The highest BCUT2D eigenvalue weighted by Crippen LogP contribution is 2.63. The van der Waals surface area contributed by atoms with Gasteiger partial charge in [0.2, 0.25) is 0 Å². The third-order valence-corrected chi connectivity index (χ3v) is 15.1. The van der Waals surface area contributed by atoms with Crippen LogP contribution in [0, 0.1) is 23.7 Å². The maximum absolute atomic E-state index is 5.91. The average molecular weight is 456 g/mol. The van der Waals surface area contributed by atoms with E-state index in [-0.39, 0.29) is 11.1 Å². The molecule has 1 heterocycles. The Morgan fingerprint density at radius 1 is 0.833 bits per heavy atom. The van der Waals surface area contributed by atoms with Crippen molar-refractivity contribution < 1.29 is 4.74 Å². The number of hydrogen-bond acceptors (Lipinski definition) is 3. The van der Waals surface area contributed by atoms with Gasteiger partial charge in [-0.25, -0.2) is 0 Å². The number of hydrogen-bond donors (Lipinski definition) is 1. The van der Waals surface area contributed by atoms with Crippen LogP contribution >= 0.6 is 11.8 Å². The molecule has 8 atom stereocenters.